The number of phosphoric acid groups is 1. The summed E-state index contributed by atoms with van der Waals surface area (Å²) in [6.07, 6.45) is 72.9. The first-order valence-corrected chi connectivity index (χ1v) is 35.8. The molecule has 0 rings (SSSR count). The zero-order chi connectivity index (χ0) is 57.9. The number of amides is 1. The van der Waals surface area contributed by atoms with Crippen molar-refractivity contribution < 1.29 is 37.3 Å². The first kappa shape index (κ1) is 77.2. The number of nitrogens with zero attached hydrogens (tertiary/aromatic N) is 1. The number of quaternary nitrogens is 1. The lowest BCUT2D eigenvalue weighted by molar-refractivity contribution is -0.870. The van der Waals surface area contributed by atoms with Crippen molar-refractivity contribution in [1.29, 1.82) is 0 Å². The van der Waals surface area contributed by atoms with Gasteiger partial charge < -0.3 is 19.4 Å². The van der Waals surface area contributed by atoms with Crippen molar-refractivity contribution in [3.05, 3.63) is 36.5 Å². The number of rotatable bonds is 63. The van der Waals surface area contributed by atoms with Crippen molar-refractivity contribution in [3.8, 4) is 0 Å². The fourth-order valence-electron chi connectivity index (χ4n) is 10.2. The van der Waals surface area contributed by atoms with Crippen LogP contribution in [0.5, 0.6) is 0 Å². The molecule has 0 fully saturated rings. The molecule has 1 amide bonds. The van der Waals surface area contributed by atoms with Gasteiger partial charge in [0, 0.05) is 12.8 Å². The molecule has 0 saturated carbocycles. The lowest BCUT2D eigenvalue weighted by atomic mass is 10.0. The Bertz CT molecular complexity index is 1450. The van der Waals surface area contributed by atoms with Gasteiger partial charge in [-0.05, 0) is 83.1 Å². The monoisotopic (exact) mass is 1130 g/mol. The van der Waals surface area contributed by atoms with E-state index in [9.17, 15) is 19.0 Å². The van der Waals surface area contributed by atoms with E-state index < -0.39 is 20.0 Å². The second-order valence-electron chi connectivity index (χ2n) is 24.7. The highest BCUT2D eigenvalue weighted by molar-refractivity contribution is 7.47. The number of carbonyl (C=O) groups is 2. The van der Waals surface area contributed by atoms with Crippen LogP contribution in [0.2, 0.25) is 0 Å². The van der Waals surface area contributed by atoms with Crippen LogP contribution in [0.1, 0.15) is 342 Å². The molecular weight excluding hydrogens is 1000 g/mol. The topological polar surface area (TPSA) is 111 Å². The standard InChI is InChI=1S/C69H133N2O7P/c1-7-10-13-16-19-22-25-27-29-31-33-34-35-36-38-39-41-43-46-49-52-55-58-61-68(72)70-66(65-77-79(74,75)76-64-63-71(4,5)6)67(60-57-54-51-48-45-24-21-18-15-12-9-3)78-69(73)62-59-56-53-50-47-44-42-40-37-32-30-28-26-23-20-17-14-11-8-2/h27-30,57,60,66-67H,7-26,31-56,58-59,61-65H2,1-6H3,(H-,70,72,74,75)/p+1/b29-27+,30-28+,60-57-. The lowest BCUT2D eigenvalue weighted by Gasteiger charge is -2.27. The summed E-state index contributed by atoms with van der Waals surface area (Å²) in [5, 5.41) is 3.07. The van der Waals surface area contributed by atoms with Crippen LogP contribution in [0.15, 0.2) is 36.5 Å². The third-order valence-corrected chi connectivity index (χ3v) is 16.5. The van der Waals surface area contributed by atoms with E-state index in [0.29, 0.717) is 23.9 Å². The van der Waals surface area contributed by atoms with Gasteiger partial charge in [0.15, 0.2) is 0 Å². The normalized spacial score (nSPS) is 13.8. The van der Waals surface area contributed by atoms with Crippen molar-refractivity contribution in [2.75, 3.05) is 40.9 Å². The Hall–Kier alpha value is -1.77. The number of phosphoric ester groups is 1. The molecule has 3 atom stereocenters. The van der Waals surface area contributed by atoms with E-state index >= 15 is 0 Å². The molecule has 0 aromatic carbocycles. The minimum atomic E-state index is -4.45. The summed E-state index contributed by atoms with van der Waals surface area (Å²) in [6, 6.07) is -0.846. The van der Waals surface area contributed by atoms with Crippen LogP contribution >= 0.6 is 7.82 Å². The van der Waals surface area contributed by atoms with Crippen LogP contribution in [0.4, 0.5) is 0 Å². The zero-order valence-electron chi connectivity index (χ0n) is 53.4. The molecule has 0 aliphatic carbocycles. The summed E-state index contributed by atoms with van der Waals surface area (Å²) in [4.78, 5) is 37.8. The molecule has 466 valence electrons. The molecule has 79 heavy (non-hydrogen) atoms. The van der Waals surface area contributed by atoms with Crippen LogP contribution in [-0.4, -0.2) is 74.3 Å². The third-order valence-electron chi connectivity index (χ3n) is 15.6. The summed E-state index contributed by atoms with van der Waals surface area (Å²) in [6.45, 7) is 7.05. The molecule has 9 nitrogen and oxygen atoms in total. The maximum atomic E-state index is 13.6. The molecule has 0 aromatic heterocycles. The number of allylic oxidation sites excluding steroid dienone is 5. The fourth-order valence-corrected chi connectivity index (χ4v) is 11.0. The predicted octanol–water partition coefficient (Wildman–Crippen LogP) is 21.5. The van der Waals surface area contributed by atoms with E-state index in [1.54, 1.807) is 0 Å². The van der Waals surface area contributed by atoms with E-state index in [2.05, 4.69) is 50.4 Å². The summed E-state index contributed by atoms with van der Waals surface area (Å²) in [5.41, 5.74) is 0. The number of likely N-dealkylation sites (N-methyl/N-ethyl adjacent to an activating group) is 1. The van der Waals surface area contributed by atoms with E-state index in [-0.39, 0.29) is 25.1 Å². The van der Waals surface area contributed by atoms with E-state index in [4.69, 9.17) is 13.8 Å². The number of carbonyl (C=O) groups excluding carboxylic acids is 2. The van der Waals surface area contributed by atoms with Crippen LogP contribution < -0.4 is 5.32 Å². The van der Waals surface area contributed by atoms with Gasteiger partial charge in [0.1, 0.15) is 19.3 Å². The first-order valence-electron chi connectivity index (χ1n) is 34.3. The van der Waals surface area contributed by atoms with Gasteiger partial charge in [0.25, 0.3) is 0 Å². The molecule has 0 saturated heterocycles. The fraction of sp³-hybridized carbons (Fsp3) is 0.884. The highest BCUT2D eigenvalue weighted by Gasteiger charge is 2.30. The number of esters is 1. The van der Waals surface area contributed by atoms with Crippen LogP contribution in [0, 0.1) is 0 Å². The minimum Gasteiger partial charge on any atom is -0.456 e. The van der Waals surface area contributed by atoms with Crippen molar-refractivity contribution >= 4 is 19.7 Å². The number of hydrogen-bond acceptors (Lipinski definition) is 6. The van der Waals surface area contributed by atoms with Gasteiger partial charge in [-0.1, -0.05) is 282 Å². The number of unbranched alkanes of at least 4 members (excludes halogenated alkanes) is 43. The highest BCUT2D eigenvalue weighted by atomic mass is 31.2. The van der Waals surface area contributed by atoms with Crippen molar-refractivity contribution in [1.82, 2.24) is 5.32 Å². The number of ether oxygens (including phenoxy) is 1. The summed E-state index contributed by atoms with van der Waals surface area (Å²) < 4.78 is 30.8. The Labute approximate surface area is 491 Å². The second-order valence-corrected chi connectivity index (χ2v) is 26.1. The van der Waals surface area contributed by atoms with Gasteiger partial charge >= 0.3 is 13.8 Å². The third kappa shape index (κ3) is 60.6. The summed E-state index contributed by atoms with van der Waals surface area (Å²) in [5.74, 6) is -0.492. The van der Waals surface area contributed by atoms with Crippen molar-refractivity contribution in [2.45, 2.75) is 354 Å². The molecule has 2 N–H and O–H groups in total. The van der Waals surface area contributed by atoms with Gasteiger partial charge in [-0.2, -0.15) is 0 Å². The molecule has 0 heterocycles. The van der Waals surface area contributed by atoms with Crippen LogP contribution in [0.25, 0.3) is 0 Å². The summed E-state index contributed by atoms with van der Waals surface area (Å²) >= 11 is 0. The summed E-state index contributed by atoms with van der Waals surface area (Å²) in [7, 11) is 1.51. The SMILES string of the molecule is CCCCCCCC/C=C/CCCCCCCCCCCCCCCC(=O)NC(COP(=O)(O)OCC[N+](C)(C)C)C(/C=C\CCCCCCCCCCC)OC(=O)CCCCCCCCCCC/C=C/CCCCCCCC. The van der Waals surface area contributed by atoms with Gasteiger partial charge in [-0.3, -0.25) is 18.6 Å². The maximum absolute atomic E-state index is 13.6. The van der Waals surface area contributed by atoms with E-state index in [0.717, 1.165) is 57.8 Å². The maximum Gasteiger partial charge on any atom is 0.472 e. The lowest BCUT2D eigenvalue weighted by Crippen LogP contribution is -2.47. The van der Waals surface area contributed by atoms with E-state index in [1.165, 1.54) is 250 Å². The van der Waals surface area contributed by atoms with Crippen molar-refractivity contribution in [3.63, 3.8) is 0 Å². The quantitative estimate of drug-likeness (QED) is 0.0205. The number of hydrogen-bond donors (Lipinski definition) is 2. The van der Waals surface area contributed by atoms with Crippen LogP contribution in [0.3, 0.4) is 0 Å². The Balaban J connectivity index is 5.05. The molecule has 0 aromatic rings. The average molecular weight is 1130 g/mol. The van der Waals surface area contributed by atoms with Crippen LogP contribution in [-0.2, 0) is 27.9 Å². The van der Waals surface area contributed by atoms with Gasteiger partial charge in [0.05, 0.1) is 33.8 Å². The highest BCUT2D eigenvalue weighted by Crippen LogP contribution is 2.43. The molecular formula is C69H134N2O7P+. The molecule has 10 heteroatoms. The predicted molar refractivity (Wildman–Crippen MR) is 342 cm³/mol. The van der Waals surface area contributed by atoms with Gasteiger partial charge in [-0.25, -0.2) is 4.57 Å². The average Bonchev–Trinajstić information content (AvgIpc) is 3.41. The minimum absolute atomic E-state index is 0.0421. The van der Waals surface area contributed by atoms with E-state index in [1.807, 2.05) is 33.3 Å². The Kier molecular flexibility index (Phi) is 58.1. The smallest absolute Gasteiger partial charge is 0.456 e. The Morgan fingerprint density at radius 3 is 1.08 bits per heavy atom. The molecule has 0 aliphatic heterocycles. The molecule has 0 aliphatic rings. The first-order chi connectivity index (χ1) is 38.4. The molecule has 0 radical (unpaired) electrons. The Morgan fingerprint density at radius 1 is 0.430 bits per heavy atom. The second kappa shape index (κ2) is 59.4. The van der Waals surface area contributed by atoms with Gasteiger partial charge in [-0.15, -0.1) is 0 Å². The number of nitrogens with one attached hydrogen (secondary N) is 1. The largest absolute Gasteiger partial charge is 0.472 e. The van der Waals surface area contributed by atoms with Gasteiger partial charge in [0.2, 0.25) is 5.91 Å². The molecule has 0 spiro atoms. The van der Waals surface area contributed by atoms with Crippen molar-refractivity contribution in [2.24, 2.45) is 0 Å². The Morgan fingerprint density at radius 2 is 0.734 bits per heavy atom. The zero-order valence-corrected chi connectivity index (χ0v) is 54.3. The molecule has 0 bridgehead atoms. The molecule has 3 unspecified atom stereocenters.